The molecule has 5 nitrogen and oxygen atoms in total. The smallest absolute Gasteiger partial charge is 0.254 e. The summed E-state index contributed by atoms with van der Waals surface area (Å²) in [5.41, 5.74) is 3.48. The molecule has 0 unspecified atom stereocenters. The summed E-state index contributed by atoms with van der Waals surface area (Å²) in [5.74, 6) is 0.0371. The Bertz CT molecular complexity index is 855. The van der Waals surface area contributed by atoms with E-state index in [1.165, 1.54) is 10.4 Å². The Morgan fingerprint density at radius 2 is 2.04 bits per heavy atom. The van der Waals surface area contributed by atoms with Crippen molar-refractivity contribution >= 4 is 28.8 Å². The van der Waals surface area contributed by atoms with Gasteiger partial charge in [0.2, 0.25) is 5.91 Å². The largest absolute Gasteiger partial charge is 0.381 e. The molecule has 1 fully saturated rings. The van der Waals surface area contributed by atoms with Gasteiger partial charge in [0.05, 0.1) is 0 Å². The van der Waals surface area contributed by atoms with Crippen LogP contribution in [0, 0.1) is 12.8 Å². The number of nitrogens with one attached hydrogen (secondary N) is 1. The van der Waals surface area contributed by atoms with Crippen LogP contribution in [0.25, 0.3) is 0 Å². The van der Waals surface area contributed by atoms with Crippen molar-refractivity contribution in [3.05, 3.63) is 51.2 Å². The van der Waals surface area contributed by atoms with Crippen molar-refractivity contribution in [1.82, 2.24) is 4.90 Å². The summed E-state index contributed by atoms with van der Waals surface area (Å²) >= 11 is 1.77. The summed E-state index contributed by atoms with van der Waals surface area (Å²) in [4.78, 5) is 28.9. The third-order valence-corrected chi connectivity index (χ3v) is 6.53. The molecule has 0 aliphatic carbocycles. The van der Waals surface area contributed by atoms with E-state index in [1.807, 2.05) is 30.0 Å². The Morgan fingerprint density at radius 1 is 1.22 bits per heavy atom. The molecule has 0 saturated carbocycles. The molecular formula is C21H24N2O3S. The van der Waals surface area contributed by atoms with Crippen molar-refractivity contribution in [3.63, 3.8) is 0 Å². The van der Waals surface area contributed by atoms with E-state index >= 15 is 0 Å². The second-order valence-electron chi connectivity index (χ2n) is 7.20. The van der Waals surface area contributed by atoms with Gasteiger partial charge in [0, 0.05) is 48.3 Å². The number of anilines is 1. The van der Waals surface area contributed by atoms with Gasteiger partial charge in [-0.3, -0.25) is 9.59 Å². The zero-order valence-electron chi connectivity index (χ0n) is 15.5. The molecule has 2 aromatic rings. The second kappa shape index (κ2) is 7.82. The van der Waals surface area contributed by atoms with Gasteiger partial charge >= 0.3 is 0 Å². The van der Waals surface area contributed by atoms with Crippen LogP contribution in [0.15, 0.2) is 29.6 Å². The summed E-state index contributed by atoms with van der Waals surface area (Å²) in [7, 11) is 0. The fourth-order valence-electron chi connectivity index (χ4n) is 3.79. The highest BCUT2D eigenvalue weighted by Gasteiger charge is 2.25. The molecule has 6 heteroatoms. The predicted molar refractivity (Wildman–Crippen MR) is 106 cm³/mol. The highest BCUT2D eigenvalue weighted by Crippen LogP contribution is 2.27. The molecule has 0 radical (unpaired) electrons. The molecule has 2 amide bonds. The lowest BCUT2D eigenvalue weighted by Crippen LogP contribution is -2.36. The first-order valence-corrected chi connectivity index (χ1v) is 10.3. The van der Waals surface area contributed by atoms with E-state index in [-0.39, 0.29) is 17.7 Å². The number of amides is 2. The highest BCUT2D eigenvalue weighted by molar-refractivity contribution is 7.10. The van der Waals surface area contributed by atoms with E-state index in [2.05, 4.69) is 16.8 Å². The van der Waals surface area contributed by atoms with E-state index < -0.39 is 0 Å². The minimum atomic E-state index is -0.0170. The molecule has 2 aliphatic heterocycles. The molecule has 1 aromatic heterocycles. The molecule has 4 rings (SSSR count). The maximum absolute atomic E-state index is 13.1. The van der Waals surface area contributed by atoms with Gasteiger partial charge in [-0.05, 0) is 60.9 Å². The zero-order valence-corrected chi connectivity index (χ0v) is 16.3. The first-order chi connectivity index (χ1) is 13.1. The van der Waals surface area contributed by atoms with Crippen LogP contribution < -0.4 is 5.32 Å². The van der Waals surface area contributed by atoms with Gasteiger partial charge in [-0.1, -0.05) is 6.07 Å². The van der Waals surface area contributed by atoms with E-state index in [1.54, 1.807) is 11.3 Å². The minimum Gasteiger partial charge on any atom is -0.381 e. The monoisotopic (exact) mass is 384 g/mol. The van der Waals surface area contributed by atoms with Gasteiger partial charge < -0.3 is 15.0 Å². The maximum Gasteiger partial charge on any atom is 0.254 e. The number of fused-ring (bicyclic) bond motifs is 1. The molecular weight excluding hydrogens is 360 g/mol. The number of carbonyl (C=O) groups is 2. The van der Waals surface area contributed by atoms with Crippen molar-refractivity contribution in [3.8, 4) is 0 Å². The standard InChI is InChI=1S/C21H24N2O3S/c1-14-17(21(25)23-9-5-19-16(13-23)8-12-27-19)3-2-4-18(14)22-20(24)15-6-10-26-11-7-15/h2-4,8,12,15H,5-7,9-11,13H2,1H3,(H,22,24). The average Bonchev–Trinajstić information content (AvgIpc) is 3.17. The number of hydrogen-bond acceptors (Lipinski definition) is 4. The van der Waals surface area contributed by atoms with Gasteiger partial charge in [0.1, 0.15) is 0 Å². The Hall–Kier alpha value is -2.18. The fraction of sp³-hybridized carbons (Fsp3) is 0.429. The Labute approximate surface area is 163 Å². The fourth-order valence-corrected chi connectivity index (χ4v) is 4.68. The van der Waals surface area contributed by atoms with Crippen molar-refractivity contribution < 1.29 is 14.3 Å². The van der Waals surface area contributed by atoms with Gasteiger partial charge in [-0.25, -0.2) is 0 Å². The van der Waals surface area contributed by atoms with Crippen LogP contribution in [-0.4, -0.2) is 36.5 Å². The quantitative estimate of drug-likeness (QED) is 0.879. The van der Waals surface area contributed by atoms with Crippen molar-refractivity contribution in [1.29, 1.82) is 0 Å². The van der Waals surface area contributed by atoms with E-state index in [0.717, 1.165) is 37.1 Å². The van der Waals surface area contributed by atoms with Gasteiger partial charge in [-0.2, -0.15) is 0 Å². The summed E-state index contributed by atoms with van der Waals surface area (Å²) in [6.07, 6.45) is 2.42. The van der Waals surface area contributed by atoms with Crippen molar-refractivity contribution in [2.24, 2.45) is 5.92 Å². The molecule has 1 N–H and O–H groups in total. The van der Waals surface area contributed by atoms with Crippen LogP contribution in [0.5, 0.6) is 0 Å². The first kappa shape index (κ1) is 18.2. The third-order valence-electron chi connectivity index (χ3n) is 5.51. The van der Waals surface area contributed by atoms with Crippen LogP contribution in [-0.2, 0) is 22.5 Å². The predicted octanol–water partition coefficient (Wildman–Crippen LogP) is 3.62. The van der Waals surface area contributed by atoms with Gasteiger partial charge in [0.25, 0.3) is 5.91 Å². The van der Waals surface area contributed by atoms with Crippen LogP contribution in [0.3, 0.4) is 0 Å². The number of nitrogens with zero attached hydrogens (tertiary/aromatic N) is 1. The summed E-state index contributed by atoms with van der Waals surface area (Å²) in [5, 5.41) is 5.12. The molecule has 3 heterocycles. The topological polar surface area (TPSA) is 58.6 Å². The van der Waals surface area contributed by atoms with Crippen molar-refractivity contribution in [2.75, 3.05) is 25.1 Å². The molecule has 2 aliphatic rings. The summed E-state index contributed by atoms with van der Waals surface area (Å²) in [6, 6.07) is 7.68. The highest BCUT2D eigenvalue weighted by atomic mass is 32.1. The number of hydrogen-bond donors (Lipinski definition) is 1. The third kappa shape index (κ3) is 3.77. The minimum absolute atomic E-state index is 0.0170. The molecule has 1 aromatic carbocycles. The number of thiophene rings is 1. The SMILES string of the molecule is Cc1c(NC(=O)C2CCOCC2)cccc1C(=O)N1CCc2sccc2C1. The lowest BCUT2D eigenvalue weighted by atomic mass is 9.98. The number of ether oxygens (including phenoxy) is 1. The normalized spacial score (nSPS) is 17.4. The Balaban J connectivity index is 1.50. The van der Waals surface area contributed by atoms with E-state index in [9.17, 15) is 9.59 Å². The number of rotatable bonds is 3. The summed E-state index contributed by atoms with van der Waals surface area (Å²) in [6.45, 7) is 4.58. The number of benzene rings is 1. The van der Waals surface area contributed by atoms with E-state index in [4.69, 9.17) is 4.74 Å². The lowest BCUT2D eigenvalue weighted by Gasteiger charge is -2.28. The molecule has 1 saturated heterocycles. The molecule has 0 atom stereocenters. The van der Waals surface area contributed by atoms with Gasteiger partial charge in [0.15, 0.2) is 0 Å². The molecule has 0 bridgehead atoms. The molecule has 142 valence electrons. The Morgan fingerprint density at radius 3 is 2.85 bits per heavy atom. The van der Waals surface area contributed by atoms with Crippen LogP contribution >= 0.6 is 11.3 Å². The number of carbonyl (C=O) groups excluding carboxylic acids is 2. The van der Waals surface area contributed by atoms with E-state index in [0.29, 0.717) is 25.3 Å². The summed E-state index contributed by atoms with van der Waals surface area (Å²) < 4.78 is 5.33. The van der Waals surface area contributed by atoms with Crippen LogP contribution in [0.2, 0.25) is 0 Å². The first-order valence-electron chi connectivity index (χ1n) is 9.46. The average molecular weight is 385 g/mol. The Kier molecular flexibility index (Phi) is 5.27. The maximum atomic E-state index is 13.1. The molecule has 27 heavy (non-hydrogen) atoms. The van der Waals surface area contributed by atoms with Gasteiger partial charge in [-0.15, -0.1) is 11.3 Å². The van der Waals surface area contributed by atoms with Crippen molar-refractivity contribution in [2.45, 2.75) is 32.7 Å². The van der Waals surface area contributed by atoms with Crippen LogP contribution in [0.4, 0.5) is 5.69 Å². The zero-order chi connectivity index (χ0) is 18.8. The lowest BCUT2D eigenvalue weighted by molar-refractivity contribution is -0.122. The van der Waals surface area contributed by atoms with Crippen LogP contribution in [0.1, 0.15) is 39.2 Å². The molecule has 0 spiro atoms. The second-order valence-corrected chi connectivity index (χ2v) is 8.20.